The molecule has 3 aromatic rings. The third-order valence-corrected chi connectivity index (χ3v) is 5.01. The van der Waals surface area contributed by atoms with Crippen LogP contribution in [-0.4, -0.2) is 16.9 Å². The van der Waals surface area contributed by atoms with E-state index in [1.54, 1.807) is 12.1 Å². The Labute approximate surface area is 158 Å². The van der Waals surface area contributed by atoms with Gasteiger partial charge < -0.3 is 0 Å². The largest absolute Gasteiger partial charge is 0.340 e. The number of carbonyl (C=O) groups excluding carboxylic acids is 1. The van der Waals surface area contributed by atoms with E-state index in [-0.39, 0.29) is 16.9 Å². The van der Waals surface area contributed by atoms with Crippen molar-refractivity contribution < 1.29 is 4.79 Å². The maximum atomic E-state index is 13.1. The lowest BCUT2D eigenvalue weighted by atomic mass is 10.1. The monoisotopic (exact) mass is 409 g/mol. The molecular formula is C19H12BrN3OS. The second-order valence-corrected chi connectivity index (χ2v) is 6.88. The maximum absolute atomic E-state index is 13.1. The molecular weight excluding hydrogens is 398 g/mol. The number of hydrogen-bond donors (Lipinski definition) is 1. The summed E-state index contributed by atoms with van der Waals surface area (Å²) in [5.74, 6) is 0.0132. The van der Waals surface area contributed by atoms with Gasteiger partial charge >= 0.3 is 6.03 Å². The molecule has 4 nitrogen and oxygen atoms in total. The first-order chi connectivity index (χ1) is 12.1. The molecule has 1 saturated heterocycles. The molecule has 122 valence electrons. The summed E-state index contributed by atoms with van der Waals surface area (Å²) in [5.41, 5.74) is 1.31. The zero-order valence-corrected chi connectivity index (χ0v) is 15.3. The van der Waals surface area contributed by atoms with E-state index in [0.29, 0.717) is 11.4 Å². The van der Waals surface area contributed by atoms with E-state index in [9.17, 15) is 4.79 Å². The van der Waals surface area contributed by atoms with Crippen molar-refractivity contribution >= 4 is 67.2 Å². The van der Waals surface area contributed by atoms with Gasteiger partial charge in [0.05, 0.1) is 11.4 Å². The highest BCUT2D eigenvalue weighted by Gasteiger charge is 2.41. The van der Waals surface area contributed by atoms with Gasteiger partial charge in [0.2, 0.25) is 0 Å². The molecule has 0 unspecified atom stereocenters. The van der Waals surface area contributed by atoms with Crippen molar-refractivity contribution in [1.82, 2.24) is 0 Å². The Hall–Kier alpha value is -2.57. The number of nitrogens with one attached hydrogen (secondary N) is 1. The predicted octanol–water partition coefficient (Wildman–Crippen LogP) is 5.35. The Bertz CT molecular complexity index is 1030. The van der Waals surface area contributed by atoms with Gasteiger partial charge in [-0.25, -0.2) is 14.6 Å². The molecule has 0 spiro atoms. The van der Waals surface area contributed by atoms with E-state index >= 15 is 0 Å². The molecule has 1 fully saturated rings. The molecule has 4 rings (SSSR count). The fourth-order valence-electron chi connectivity index (χ4n) is 2.93. The lowest BCUT2D eigenvalue weighted by Gasteiger charge is -2.18. The van der Waals surface area contributed by atoms with Crippen LogP contribution in [0.5, 0.6) is 0 Å². The number of amides is 2. The highest BCUT2D eigenvalue weighted by Crippen LogP contribution is 2.33. The minimum atomic E-state index is -0.339. The van der Waals surface area contributed by atoms with E-state index in [4.69, 9.17) is 17.6 Å². The number of amidine groups is 1. The average molecular weight is 410 g/mol. The van der Waals surface area contributed by atoms with Crippen molar-refractivity contribution in [3.05, 3.63) is 71.2 Å². The van der Waals surface area contributed by atoms with Crippen molar-refractivity contribution in [2.24, 2.45) is 0 Å². The van der Waals surface area contributed by atoms with Crippen molar-refractivity contribution in [3.8, 4) is 0 Å². The first kappa shape index (κ1) is 15.9. The zero-order valence-electron chi connectivity index (χ0n) is 12.9. The smallest absolute Gasteiger partial charge is 0.281 e. The summed E-state index contributed by atoms with van der Waals surface area (Å²) in [6.45, 7) is 0. The van der Waals surface area contributed by atoms with Crippen LogP contribution < -0.4 is 9.80 Å². The number of urea groups is 1. The van der Waals surface area contributed by atoms with Gasteiger partial charge in [0.15, 0.2) is 10.8 Å². The fraction of sp³-hybridized carbons (Fsp3) is 0. The third-order valence-electron chi connectivity index (χ3n) is 4.10. The van der Waals surface area contributed by atoms with Crippen LogP contribution in [0.2, 0.25) is 0 Å². The fourth-order valence-corrected chi connectivity index (χ4v) is 3.47. The zero-order chi connectivity index (χ0) is 17.6. The lowest BCUT2D eigenvalue weighted by molar-refractivity contribution is 0.257. The lowest BCUT2D eigenvalue weighted by Crippen LogP contribution is -2.33. The molecule has 1 aliphatic rings. The normalized spacial score (nSPS) is 14.7. The Morgan fingerprint density at radius 3 is 2.32 bits per heavy atom. The van der Waals surface area contributed by atoms with E-state index in [1.807, 2.05) is 54.6 Å². The minimum Gasteiger partial charge on any atom is -0.281 e. The second-order valence-electron chi connectivity index (χ2n) is 5.58. The third kappa shape index (κ3) is 2.54. The van der Waals surface area contributed by atoms with Crippen LogP contribution in [0.15, 0.2) is 71.2 Å². The van der Waals surface area contributed by atoms with Crippen molar-refractivity contribution in [3.63, 3.8) is 0 Å². The minimum absolute atomic E-state index is 0.0132. The molecule has 1 heterocycles. The molecule has 25 heavy (non-hydrogen) atoms. The first-order valence-corrected chi connectivity index (χ1v) is 8.78. The number of hydrogen-bond acceptors (Lipinski definition) is 3. The number of carbonyl (C=O) groups is 1. The average Bonchev–Trinajstić information content (AvgIpc) is 2.85. The van der Waals surface area contributed by atoms with E-state index in [0.717, 1.165) is 15.2 Å². The van der Waals surface area contributed by atoms with Gasteiger partial charge in [-0.3, -0.25) is 5.41 Å². The second kappa shape index (κ2) is 6.06. The van der Waals surface area contributed by atoms with Crippen molar-refractivity contribution in [2.45, 2.75) is 0 Å². The molecule has 1 aliphatic heterocycles. The Kier molecular flexibility index (Phi) is 3.86. The summed E-state index contributed by atoms with van der Waals surface area (Å²) in [6, 6.07) is 20.4. The molecule has 0 aliphatic carbocycles. The highest BCUT2D eigenvalue weighted by molar-refractivity contribution is 9.10. The van der Waals surface area contributed by atoms with Gasteiger partial charge in [0.1, 0.15) is 0 Å². The molecule has 1 N–H and O–H groups in total. The van der Waals surface area contributed by atoms with Crippen LogP contribution in [-0.2, 0) is 0 Å². The van der Waals surface area contributed by atoms with Gasteiger partial charge in [-0.1, -0.05) is 64.5 Å². The van der Waals surface area contributed by atoms with Gasteiger partial charge in [0.25, 0.3) is 0 Å². The number of halogens is 1. The summed E-state index contributed by atoms with van der Waals surface area (Å²) < 4.78 is 0.912. The Morgan fingerprint density at radius 1 is 0.880 bits per heavy atom. The SMILES string of the molecule is N=C1C(=S)N(c2ccc(Br)cc2)C(=O)N1c1cccc2ccccc12. The van der Waals surface area contributed by atoms with Gasteiger partial charge in [-0.05, 0) is 35.7 Å². The van der Waals surface area contributed by atoms with Gasteiger partial charge in [-0.2, -0.15) is 0 Å². The van der Waals surface area contributed by atoms with E-state index in [1.165, 1.54) is 9.80 Å². The van der Waals surface area contributed by atoms with Crippen LogP contribution in [0.3, 0.4) is 0 Å². The quantitative estimate of drug-likeness (QED) is 0.579. The molecule has 0 aromatic heterocycles. The van der Waals surface area contributed by atoms with Crippen LogP contribution >= 0.6 is 28.1 Å². The predicted molar refractivity (Wildman–Crippen MR) is 109 cm³/mol. The van der Waals surface area contributed by atoms with Gasteiger partial charge in [0, 0.05) is 9.86 Å². The maximum Gasteiger partial charge on any atom is 0.340 e. The summed E-state index contributed by atoms with van der Waals surface area (Å²) in [5, 5.41) is 10.3. The van der Waals surface area contributed by atoms with Crippen LogP contribution in [0.4, 0.5) is 16.2 Å². The summed E-state index contributed by atoms with van der Waals surface area (Å²) in [7, 11) is 0. The van der Waals surface area contributed by atoms with E-state index < -0.39 is 0 Å². The van der Waals surface area contributed by atoms with Crippen molar-refractivity contribution in [1.29, 1.82) is 5.41 Å². The number of anilines is 2. The molecule has 0 saturated carbocycles. The van der Waals surface area contributed by atoms with Crippen LogP contribution in [0.25, 0.3) is 10.8 Å². The topological polar surface area (TPSA) is 47.4 Å². The molecule has 3 aromatic carbocycles. The first-order valence-electron chi connectivity index (χ1n) is 7.58. The molecule has 6 heteroatoms. The number of benzene rings is 3. The number of rotatable bonds is 2. The summed E-state index contributed by atoms with van der Waals surface area (Å²) >= 11 is 8.76. The Balaban J connectivity index is 1.83. The molecule has 2 amide bonds. The Morgan fingerprint density at radius 2 is 1.56 bits per heavy atom. The molecule has 0 bridgehead atoms. The van der Waals surface area contributed by atoms with Gasteiger partial charge in [-0.15, -0.1) is 0 Å². The summed E-state index contributed by atoms with van der Waals surface area (Å²) in [6.07, 6.45) is 0. The van der Waals surface area contributed by atoms with Crippen molar-refractivity contribution in [2.75, 3.05) is 9.80 Å². The number of thiocarbonyl (C=S) groups is 1. The standard InChI is InChI=1S/C19H12BrN3OS/c20-13-8-10-14(11-9-13)22-18(25)17(21)23(19(22)24)16-7-3-5-12-4-1-2-6-15(12)16/h1-11,21H. The van der Waals surface area contributed by atoms with Crippen LogP contribution in [0.1, 0.15) is 0 Å². The summed E-state index contributed by atoms with van der Waals surface area (Å²) in [4.78, 5) is 16.0. The van der Waals surface area contributed by atoms with E-state index in [2.05, 4.69) is 15.9 Å². The molecule has 0 radical (unpaired) electrons. The highest BCUT2D eigenvalue weighted by atomic mass is 79.9. The molecule has 0 atom stereocenters. The van der Waals surface area contributed by atoms with Crippen LogP contribution in [0, 0.1) is 5.41 Å². The number of nitrogens with zero attached hydrogens (tertiary/aromatic N) is 2. The number of fused-ring (bicyclic) bond motifs is 1.